The Kier molecular flexibility index (Phi) is 5.47. The van der Waals surface area contributed by atoms with Crippen molar-refractivity contribution in [2.45, 2.75) is 38.3 Å². The van der Waals surface area contributed by atoms with Gasteiger partial charge < -0.3 is 10.4 Å². The molecule has 5 heteroatoms. The average Bonchev–Trinajstić information content (AvgIpc) is 2.38. The lowest BCUT2D eigenvalue weighted by molar-refractivity contribution is -0.142. The highest BCUT2D eigenvalue weighted by atomic mass is 127. The number of benzene rings is 1. The van der Waals surface area contributed by atoms with E-state index in [1.165, 1.54) is 5.56 Å². The number of carboxylic acids is 1. The molecule has 2 N–H and O–H groups in total. The minimum Gasteiger partial charge on any atom is -0.481 e. The number of hydrogen-bond acceptors (Lipinski definition) is 2. The largest absolute Gasteiger partial charge is 0.481 e. The maximum Gasteiger partial charge on any atom is 0.306 e. The monoisotopic (exact) mass is 393 g/mol. The van der Waals surface area contributed by atoms with E-state index in [4.69, 9.17) is 16.7 Å². The Balaban J connectivity index is 1.82. The number of hydrogen-bond donors (Lipinski definition) is 2. The van der Waals surface area contributed by atoms with Gasteiger partial charge in [-0.05, 0) is 66.0 Å². The molecule has 0 atom stereocenters. The molecule has 0 saturated heterocycles. The predicted octanol–water partition coefficient (Wildman–Crippen LogP) is 3.68. The van der Waals surface area contributed by atoms with Crippen LogP contribution in [0.3, 0.4) is 0 Å². The zero-order valence-corrected chi connectivity index (χ0v) is 13.4. The van der Waals surface area contributed by atoms with Crippen LogP contribution in [0.4, 0.5) is 0 Å². The second-order valence-corrected chi connectivity index (χ2v) is 6.60. The standard InChI is InChI=1S/C14H17ClINO2/c15-11-4-1-10(13(16)7-11)8-17-12-5-2-9(3-6-12)14(18)19/h1,4,7,9,12,17H,2-3,5-6,8H2,(H,18,19). The van der Waals surface area contributed by atoms with Gasteiger partial charge in [-0.3, -0.25) is 4.79 Å². The molecular weight excluding hydrogens is 377 g/mol. The van der Waals surface area contributed by atoms with Gasteiger partial charge in [0.25, 0.3) is 0 Å². The van der Waals surface area contributed by atoms with Crippen LogP contribution in [0, 0.1) is 9.49 Å². The van der Waals surface area contributed by atoms with Gasteiger partial charge in [-0.1, -0.05) is 17.7 Å². The third-order valence-corrected chi connectivity index (χ3v) is 4.91. The number of carbonyl (C=O) groups is 1. The normalized spacial score (nSPS) is 23.3. The van der Waals surface area contributed by atoms with Crippen LogP contribution in [-0.4, -0.2) is 17.1 Å². The summed E-state index contributed by atoms with van der Waals surface area (Å²) in [6.07, 6.45) is 3.46. The highest BCUT2D eigenvalue weighted by Gasteiger charge is 2.25. The summed E-state index contributed by atoms with van der Waals surface area (Å²) in [5.74, 6) is -0.792. The summed E-state index contributed by atoms with van der Waals surface area (Å²) in [5, 5.41) is 13.2. The van der Waals surface area contributed by atoms with Crippen LogP contribution in [0.15, 0.2) is 18.2 Å². The van der Waals surface area contributed by atoms with E-state index in [2.05, 4.69) is 27.9 Å². The van der Waals surface area contributed by atoms with Crippen LogP contribution in [-0.2, 0) is 11.3 Å². The van der Waals surface area contributed by atoms with E-state index in [9.17, 15) is 4.79 Å². The molecule has 104 valence electrons. The fraction of sp³-hybridized carbons (Fsp3) is 0.500. The molecule has 1 fully saturated rings. The highest BCUT2D eigenvalue weighted by Crippen LogP contribution is 2.25. The third-order valence-electron chi connectivity index (χ3n) is 3.67. The number of nitrogens with one attached hydrogen (secondary N) is 1. The van der Waals surface area contributed by atoms with E-state index in [0.29, 0.717) is 6.04 Å². The molecule has 2 rings (SSSR count). The van der Waals surface area contributed by atoms with Gasteiger partial charge in [-0.2, -0.15) is 0 Å². The summed E-state index contributed by atoms with van der Waals surface area (Å²) in [6, 6.07) is 6.34. The minimum atomic E-state index is -0.648. The average molecular weight is 394 g/mol. The van der Waals surface area contributed by atoms with Crippen LogP contribution in [0.1, 0.15) is 31.2 Å². The number of halogens is 2. The third kappa shape index (κ3) is 4.33. The Bertz CT molecular complexity index is 459. The smallest absolute Gasteiger partial charge is 0.306 e. The SMILES string of the molecule is O=C(O)C1CCC(NCc2ccc(Cl)cc2I)CC1. The van der Waals surface area contributed by atoms with E-state index in [0.717, 1.165) is 40.8 Å². The lowest BCUT2D eigenvalue weighted by Gasteiger charge is -2.27. The second-order valence-electron chi connectivity index (χ2n) is 5.00. The van der Waals surface area contributed by atoms with Gasteiger partial charge in [0.1, 0.15) is 0 Å². The topological polar surface area (TPSA) is 49.3 Å². The van der Waals surface area contributed by atoms with Crippen LogP contribution < -0.4 is 5.32 Å². The van der Waals surface area contributed by atoms with Gasteiger partial charge in [0, 0.05) is 21.2 Å². The lowest BCUT2D eigenvalue weighted by Crippen LogP contribution is -2.34. The van der Waals surface area contributed by atoms with Crippen LogP contribution in [0.25, 0.3) is 0 Å². The van der Waals surface area contributed by atoms with Gasteiger partial charge >= 0.3 is 5.97 Å². The van der Waals surface area contributed by atoms with Crippen molar-refractivity contribution in [2.24, 2.45) is 5.92 Å². The van der Waals surface area contributed by atoms with Gasteiger partial charge in [0.15, 0.2) is 0 Å². The Hall–Kier alpha value is -0.330. The second kappa shape index (κ2) is 6.90. The zero-order chi connectivity index (χ0) is 13.8. The molecule has 19 heavy (non-hydrogen) atoms. The fourth-order valence-corrected chi connectivity index (χ4v) is 3.53. The fourth-order valence-electron chi connectivity index (χ4n) is 2.46. The summed E-state index contributed by atoms with van der Waals surface area (Å²) in [4.78, 5) is 10.9. The Morgan fingerprint density at radius 1 is 1.37 bits per heavy atom. The molecule has 0 amide bonds. The summed E-state index contributed by atoms with van der Waals surface area (Å²) < 4.78 is 1.16. The summed E-state index contributed by atoms with van der Waals surface area (Å²) in [6.45, 7) is 0.817. The first kappa shape index (κ1) is 15.1. The van der Waals surface area contributed by atoms with Gasteiger partial charge in [0.05, 0.1) is 5.92 Å². The Morgan fingerprint density at radius 3 is 2.63 bits per heavy atom. The molecule has 1 aliphatic rings. The first-order chi connectivity index (χ1) is 9.06. The first-order valence-corrected chi connectivity index (χ1v) is 7.92. The minimum absolute atomic E-state index is 0.145. The van der Waals surface area contributed by atoms with E-state index >= 15 is 0 Å². The molecule has 0 spiro atoms. The van der Waals surface area contributed by atoms with E-state index in [1.54, 1.807) is 0 Å². The van der Waals surface area contributed by atoms with Gasteiger partial charge in [-0.25, -0.2) is 0 Å². The maximum absolute atomic E-state index is 10.9. The van der Waals surface area contributed by atoms with Gasteiger partial charge in [-0.15, -0.1) is 0 Å². The molecule has 1 aliphatic carbocycles. The van der Waals surface area contributed by atoms with Gasteiger partial charge in [0.2, 0.25) is 0 Å². The molecule has 0 radical (unpaired) electrons. The van der Waals surface area contributed by atoms with Crippen molar-refractivity contribution in [3.05, 3.63) is 32.4 Å². The first-order valence-electron chi connectivity index (χ1n) is 6.46. The van der Waals surface area contributed by atoms with Crippen LogP contribution in [0.5, 0.6) is 0 Å². The molecule has 1 aromatic rings. The van der Waals surface area contributed by atoms with Crippen molar-refractivity contribution in [1.29, 1.82) is 0 Å². The summed E-state index contributed by atoms with van der Waals surface area (Å²) in [7, 11) is 0. The molecule has 0 aromatic heterocycles. The molecule has 1 saturated carbocycles. The highest BCUT2D eigenvalue weighted by molar-refractivity contribution is 14.1. The molecular formula is C14H17ClINO2. The van der Waals surface area contributed by atoms with E-state index in [1.807, 2.05) is 18.2 Å². The molecule has 1 aromatic carbocycles. The molecule has 3 nitrogen and oxygen atoms in total. The quantitative estimate of drug-likeness (QED) is 0.767. The lowest BCUT2D eigenvalue weighted by atomic mass is 9.86. The van der Waals surface area contributed by atoms with Crippen molar-refractivity contribution in [1.82, 2.24) is 5.32 Å². The van der Waals surface area contributed by atoms with Crippen molar-refractivity contribution in [2.75, 3.05) is 0 Å². The number of rotatable bonds is 4. The molecule has 0 unspecified atom stereocenters. The Labute approximate surface area is 131 Å². The molecule has 0 aliphatic heterocycles. The predicted molar refractivity (Wildman–Crippen MR) is 84.4 cm³/mol. The molecule has 0 heterocycles. The van der Waals surface area contributed by atoms with E-state index < -0.39 is 5.97 Å². The van der Waals surface area contributed by atoms with Crippen molar-refractivity contribution in [3.8, 4) is 0 Å². The van der Waals surface area contributed by atoms with Crippen LogP contribution in [0.2, 0.25) is 5.02 Å². The maximum atomic E-state index is 10.9. The van der Waals surface area contributed by atoms with Crippen molar-refractivity contribution >= 4 is 40.2 Å². The van der Waals surface area contributed by atoms with E-state index in [-0.39, 0.29) is 5.92 Å². The van der Waals surface area contributed by atoms with Crippen molar-refractivity contribution in [3.63, 3.8) is 0 Å². The Morgan fingerprint density at radius 2 is 2.05 bits per heavy atom. The molecule has 0 bridgehead atoms. The number of carboxylic acid groups (broad SMARTS) is 1. The van der Waals surface area contributed by atoms with Crippen LogP contribution >= 0.6 is 34.2 Å². The summed E-state index contributed by atoms with van der Waals surface area (Å²) in [5.41, 5.74) is 1.24. The zero-order valence-electron chi connectivity index (χ0n) is 10.5. The summed E-state index contributed by atoms with van der Waals surface area (Å²) >= 11 is 8.22. The number of aliphatic carboxylic acids is 1. The van der Waals surface area contributed by atoms with Crippen molar-refractivity contribution < 1.29 is 9.90 Å².